The fourth-order valence-electron chi connectivity index (χ4n) is 16.3. The fraction of sp³-hybridized carbons (Fsp3) is 0.712. The predicted octanol–water partition coefficient (Wildman–Crippen LogP) is 6.77. The second-order valence-electron chi connectivity index (χ2n) is 30.6. The van der Waals surface area contributed by atoms with Crippen LogP contribution >= 0.6 is 0 Å². The average molecular weight is 1570 g/mol. The van der Waals surface area contributed by atoms with Gasteiger partial charge in [-0.05, 0) is 132 Å². The summed E-state index contributed by atoms with van der Waals surface area (Å²) in [5.41, 5.74) is 3.46. The minimum atomic E-state index is -1.08. The minimum Gasteiger partial charge on any atom is -0.740 e. The van der Waals surface area contributed by atoms with Crippen LogP contribution in [0.25, 0.3) is 11.3 Å². The molecule has 13 rings (SSSR count). The molecular formula is C73H103N10O16STb-. The summed E-state index contributed by atoms with van der Waals surface area (Å²) < 4.78 is 68.2. The summed E-state index contributed by atoms with van der Waals surface area (Å²) in [5.74, 6) is -2.63. The largest absolute Gasteiger partial charge is 0.740 e. The van der Waals surface area contributed by atoms with E-state index in [-0.39, 0.29) is 161 Å². The van der Waals surface area contributed by atoms with Crippen LogP contribution in [0.15, 0.2) is 72.3 Å². The Kier molecular flexibility index (Phi) is 25.9. The van der Waals surface area contributed by atoms with Crippen molar-refractivity contribution in [2.75, 3.05) is 39.6 Å². The number of carbonyl (C=O) groups excluding carboxylic acids is 5. The van der Waals surface area contributed by atoms with Crippen molar-refractivity contribution in [1.82, 2.24) is 45.8 Å². The van der Waals surface area contributed by atoms with Crippen LogP contribution in [0.4, 0.5) is 10.5 Å². The molecule has 2 aromatic heterocycles. The third kappa shape index (κ3) is 18.8. The van der Waals surface area contributed by atoms with Gasteiger partial charge in [-0.25, -0.2) is 4.79 Å². The molecule has 10 fully saturated rings. The number of anilines is 1. The van der Waals surface area contributed by atoms with Gasteiger partial charge in [-0.15, -0.1) is 5.10 Å². The first-order chi connectivity index (χ1) is 47.9. The molecule has 10 aliphatic heterocycles. The maximum atomic E-state index is 14.6. The first-order valence-corrected chi connectivity index (χ1v) is 36.6. The number of ketones is 1. The molecular weight excluding hydrogens is 1460 g/mol. The first-order valence-electron chi connectivity index (χ1n) is 36.2. The van der Waals surface area contributed by atoms with E-state index in [0.29, 0.717) is 80.4 Å². The number of benzene rings is 1. The number of ether oxygens (including phenoxy) is 10. The standard InChI is InChI=1S/C73H104N10O16S.Tb/c1-39(2)60(79-69(88)72(6,7)24-26-83-37-53(80-81-83)44-34-74-70(100)75-35-44)68(87)78-52(13-11-12-25-82(8)9)67(86)77-45-16-14-43(15-17-45)38-91-71(89)76-36-47(85)31-58-61(90-10)51-30-46(84)29-49-19-21-55-62(94-49)66-65-64(96-55)63-59(97-65)33-73(98-63,99-66)23-22-50-28-41(4)54(92-50)20-18-48-27-40(3)42(5)56(93-48)32-57(51)95-58;/h14-17,34-35,37,39-40,47-52,54-66,85H,4-5,11-13,18-33,36,38H2,1-3,6-10H3,(H,76,89)(H,77,86)(H,78,87)(H,79,88)(H,74,75,100);/p-1/t40-,47+,48+,49-,50+,51+,52+,54?,55+,56-,57+,58-,59?,60+,61-,62+,63+,64+,65-,66+,73+;/m1./s1. The van der Waals surface area contributed by atoms with Crippen LogP contribution in [-0.2, 0) is 92.3 Å². The molecule has 3 aromatic rings. The zero-order valence-electron chi connectivity index (χ0n) is 59.4. The van der Waals surface area contributed by atoms with Gasteiger partial charge in [0.25, 0.3) is 0 Å². The molecule has 557 valence electrons. The molecule has 0 aliphatic carbocycles. The molecule has 10 saturated heterocycles. The van der Waals surface area contributed by atoms with Gasteiger partial charge in [0, 0.05) is 137 Å². The predicted molar refractivity (Wildman–Crippen MR) is 367 cm³/mol. The Morgan fingerprint density at radius 3 is 2.31 bits per heavy atom. The van der Waals surface area contributed by atoms with E-state index in [2.05, 4.69) is 66.5 Å². The van der Waals surface area contributed by atoms with Crippen LogP contribution in [0.2, 0.25) is 0 Å². The third-order valence-corrected chi connectivity index (χ3v) is 22.2. The number of Topliss-reactive ketones (excluding diaryl/α,β-unsaturated/α-hetero) is 1. The number of fused-ring (bicyclic) bond motifs is 6. The number of methoxy groups -OCH3 is 1. The van der Waals surface area contributed by atoms with Crippen molar-refractivity contribution in [3.05, 3.63) is 72.7 Å². The number of aliphatic hydroxyl groups excluding tert-OH is 1. The Morgan fingerprint density at radius 2 is 1.55 bits per heavy atom. The van der Waals surface area contributed by atoms with E-state index >= 15 is 0 Å². The van der Waals surface area contributed by atoms with Crippen molar-refractivity contribution < 1.29 is 115 Å². The molecule has 26 nitrogen and oxygen atoms in total. The summed E-state index contributed by atoms with van der Waals surface area (Å²) in [4.78, 5) is 80.1. The molecule has 1 spiro atoms. The van der Waals surface area contributed by atoms with E-state index in [4.69, 9.17) is 60.0 Å². The maximum absolute atomic E-state index is 14.6. The van der Waals surface area contributed by atoms with E-state index in [9.17, 15) is 29.1 Å². The summed E-state index contributed by atoms with van der Waals surface area (Å²) >= 11 is 5.00. The number of amides is 4. The minimum absolute atomic E-state index is 0. The van der Waals surface area contributed by atoms with Gasteiger partial charge in [0.05, 0.1) is 73.3 Å². The Morgan fingerprint density at radius 1 is 0.832 bits per heavy atom. The smallest absolute Gasteiger partial charge is 0.407 e. The third-order valence-electron chi connectivity index (χ3n) is 22.0. The summed E-state index contributed by atoms with van der Waals surface area (Å²) in [6.45, 7) is 19.4. The number of rotatable bonds is 23. The van der Waals surface area contributed by atoms with E-state index < -0.39 is 83.7 Å². The van der Waals surface area contributed by atoms with Crippen molar-refractivity contribution >= 4 is 47.9 Å². The SMILES string of the molecule is C=C1C[C@@H]2CC[C@@]34CC5O[C@H]6[C@@H](O3)[C@H]3O[C@H](CC[C@@H]3O[C@H]6[C@H]5O4)CC(=O)C[C@@H]3[C@@H](OC)[C@@H](C[C@H](O)CNC(=O)OCc4ccc(NC(=O)[C@H](CCCCN(C)C)NC(=O)[C@@H](NC(=O)C(C)(C)CCn5cc(-c6cnc([S-])nc6)nn5)C(C)C)cc4)O[C@H]3C[C@H]3O[C@@H](CCC1O2)C[C@@H](C)C3=C.[Tb]. The normalized spacial score (nSPS) is 33.2. The second-order valence-corrected chi connectivity index (χ2v) is 31.0. The molecule has 12 heterocycles. The zero-order chi connectivity index (χ0) is 70.7. The molecule has 12 bridgehead atoms. The van der Waals surface area contributed by atoms with Gasteiger partial charge in [-0.2, -0.15) is 0 Å². The van der Waals surface area contributed by atoms with Crippen molar-refractivity contribution in [3.8, 4) is 11.3 Å². The Labute approximate surface area is 628 Å². The summed E-state index contributed by atoms with van der Waals surface area (Å²) in [7, 11) is 5.54. The van der Waals surface area contributed by atoms with Crippen molar-refractivity contribution in [1.29, 1.82) is 0 Å². The van der Waals surface area contributed by atoms with Gasteiger partial charge in [0.2, 0.25) is 17.7 Å². The van der Waals surface area contributed by atoms with Crippen LogP contribution in [0.5, 0.6) is 0 Å². The van der Waals surface area contributed by atoms with Crippen molar-refractivity contribution in [3.63, 3.8) is 0 Å². The van der Waals surface area contributed by atoms with E-state index in [0.717, 1.165) is 56.2 Å². The average Bonchev–Trinajstić information content (AvgIpc) is 1.55. The van der Waals surface area contributed by atoms with Gasteiger partial charge in [0.1, 0.15) is 60.7 Å². The fourth-order valence-corrected chi connectivity index (χ4v) is 16.4. The number of aryl methyl sites for hydroxylation is 1. The Hall–Kier alpha value is -4.66. The van der Waals surface area contributed by atoms with Crippen LogP contribution in [0, 0.1) is 61.8 Å². The monoisotopic (exact) mass is 1570 g/mol. The number of unbranched alkanes of at least 4 members (excludes halogenated alkanes) is 1. The molecule has 4 amide bonds. The molecule has 5 N–H and O–H groups in total. The number of aromatic nitrogens is 5. The first kappa shape index (κ1) is 77.4. The van der Waals surface area contributed by atoms with Crippen molar-refractivity contribution in [2.24, 2.45) is 23.2 Å². The number of hydrogen-bond donors (Lipinski definition) is 5. The Balaban J connectivity index is 0.0000103. The van der Waals surface area contributed by atoms with Crippen LogP contribution in [0.1, 0.15) is 149 Å². The van der Waals surface area contributed by atoms with Gasteiger partial charge >= 0.3 is 6.09 Å². The van der Waals surface area contributed by atoms with E-state index in [1.54, 1.807) is 68.5 Å². The van der Waals surface area contributed by atoms with Crippen molar-refractivity contribution in [2.45, 2.75) is 278 Å². The van der Waals surface area contributed by atoms with E-state index in [1.807, 2.05) is 27.9 Å². The Bertz CT molecular complexity index is 3390. The quantitative estimate of drug-likeness (QED) is 0.0283. The molecule has 2 unspecified atom stereocenters. The molecule has 1 radical (unpaired) electrons. The van der Waals surface area contributed by atoms with Gasteiger partial charge < -0.3 is 91.3 Å². The van der Waals surface area contributed by atoms with Crippen LogP contribution in [-0.4, -0.2) is 214 Å². The second kappa shape index (κ2) is 33.8. The zero-order valence-corrected chi connectivity index (χ0v) is 62.4. The molecule has 21 atom stereocenters. The number of nitrogens with zero attached hydrogens (tertiary/aromatic N) is 6. The summed E-state index contributed by atoms with van der Waals surface area (Å²) in [6.07, 6.45) is 7.92. The number of carbonyl (C=O) groups is 5. The van der Waals surface area contributed by atoms with E-state index in [1.165, 1.54) is 0 Å². The molecule has 0 saturated carbocycles. The number of aliphatic hydroxyl groups is 1. The number of nitrogens with one attached hydrogen (secondary N) is 4. The maximum Gasteiger partial charge on any atom is 0.407 e. The topological polar surface area (TPSA) is 306 Å². The molecule has 10 aliphatic rings. The number of alkyl carbamates (subject to hydrolysis) is 1. The number of hydrogen-bond acceptors (Lipinski definition) is 22. The van der Waals surface area contributed by atoms with Gasteiger partial charge in [-0.3, -0.25) is 33.8 Å². The van der Waals surface area contributed by atoms with Gasteiger partial charge in [0.15, 0.2) is 5.79 Å². The van der Waals surface area contributed by atoms with Crippen LogP contribution in [0.3, 0.4) is 0 Å². The molecule has 1 aromatic carbocycles. The molecule has 28 heteroatoms. The molecule has 101 heavy (non-hydrogen) atoms. The van der Waals surface area contributed by atoms with Crippen LogP contribution < -0.4 is 21.3 Å². The van der Waals surface area contributed by atoms with Gasteiger partial charge in [-0.1, -0.05) is 65.1 Å². The summed E-state index contributed by atoms with van der Waals surface area (Å²) in [6, 6.07) is 4.92. The summed E-state index contributed by atoms with van der Waals surface area (Å²) in [5, 5.41) is 31.8.